The molecule has 0 saturated carbocycles. The van der Waals surface area contributed by atoms with E-state index in [9.17, 15) is 10.2 Å². The fourth-order valence-electron chi connectivity index (χ4n) is 1.78. The van der Waals surface area contributed by atoms with Crippen molar-refractivity contribution in [1.82, 2.24) is 0 Å². The van der Waals surface area contributed by atoms with Crippen LogP contribution < -0.4 is 0 Å². The Balaban J connectivity index is 2.97. The zero-order valence-corrected chi connectivity index (χ0v) is 11.7. The van der Waals surface area contributed by atoms with Crippen LogP contribution >= 0.6 is 0 Å². The molecular weight excluding hydrogens is 216 g/mol. The van der Waals surface area contributed by atoms with Crippen molar-refractivity contribution in [1.29, 1.82) is 0 Å². The molecule has 0 bridgehead atoms. The highest BCUT2D eigenvalue weighted by Gasteiger charge is 2.17. The van der Waals surface area contributed by atoms with Gasteiger partial charge in [0.05, 0.1) is 0 Å². The molecule has 1 aromatic carbocycles. The second kappa shape index (κ2) is 4.91. The molecule has 2 N–H and O–H groups in total. The third-order valence-electron chi connectivity index (χ3n) is 2.86. The van der Waals surface area contributed by atoms with Gasteiger partial charge < -0.3 is 10.2 Å². The van der Waals surface area contributed by atoms with Gasteiger partial charge in [-0.2, -0.15) is 0 Å². The molecule has 0 aliphatic rings. The summed E-state index contributed by atoms with van der Waals surface area (Å²) < 4.78 is 0. The minimum atomic E-state index is -1.11. The second-order valence-corrected chi connectivity index (χ2v) is 11.1. The summed E-state index contributed by atoms with van der Waals surface area (Å²) in [5.74, 6) is 0.0837. The van der Waals surface area contributed by atoms with E-state index < -0.39 is 8.07 Å². The number of rotatable bonds is 4. The van der Waals surface area contributed by atoms with Gasteiger partial charge in [-0.3, -0.25) is 0 Å². The SMILES string of the molecule is CCc1ccc(O)c(O)c1CC[Si](C)(C)C. The molecular formula is C13H22O2Si. The molecule has 0 aliphatic heterocycles. The Morgan fingerprint density at radius 2 is 1.75 bits per heavy atom. The van der Waals surface area contributed by atoms with Gasteiger partial charge in [0, 0.05) is 13.6 Å². The van der Waals surface area contributed by atoms with Crippen LogP contribution in [0.2, 0.25) is 25.7 Å². The first-order valence-corrected chi connectivity index (χ1v) is 9.58. The summed E-state index contributed by atoms with van der Waals surface area (Å²) in [6.07, 6.45) is 1.77. The average Bonchev–Trinajstić information content (AvgIpc) is 2.19. The summed E-state index contributed by atoms with van der Waals surface area (Å²) in [7, 11) is -1.11. The summed E-state index contributed by atoms with van der Waals surface area (Å²) >= 11 is 0. The zero-order chi connectivity index (χ0) is 12.3. The number of aromatic hydroxyl groups is 2. The van der Waals surface area contributed by atoms with Gasteiger partial charge in [-0.25, -0.2) is 0 Å². The molecule has 0 atom stereocenters. The smallest absolute Gasteiger partial charge is 0.160 e. The zero-order valence-electron chi connectivity index (χ0n) is 10.7. The fourth-order valence-corrected chi connectivity index (χ4v) is 2.78. The van der Waals surface area contributed by atoms with Crippen molar-refractivity contribution in [2.24, 2.45) is 0 Å². The molecule has 0 spiro atoms. The number of hydrogen-bond acceptors (Lipinski definition) is 2. The highest BCUT2D eigenvalue weighted by atomic mass is 28.3. The van der Waals surface area contributed by atoms with Gasteiger partial charge in [-0.15, -0.1) is 0 Å². The number of phenols is 2. The van der Waals surface area contributed by atoms with Crippen molar-refractivity contribution in [2.45, 2.75) is 45.5 Å². The normalized spacial score (nSPS) is 11.8. The summed E-state index contributed by atoms with van der Waals surface area (Å²) in [6.45, 7) is 9.03. The maximum absolute atomic E-state index is 9.87. The monoisotopic (exact) mass is 238 g/mol. The second-order valence-electron chi connectivity index (χ2n) is 5.49. The predicted octanol–water partition coefficient (Wildman–Crippen LogP) is 3.54. The Hall–Kier alpha value is -0.963. The van der Waals surface area contributed by atoms with Crippen molar-refractivity contribution in [3.8, 4) is 11.5 Å². The summed E-state index contributed by atoms with van der Waals surface area (Å²) in [4.78, 5) is 0. The van der Waals surface area contributed by atoms with Crippen molar-refractivity contribution in [3.63, 3.8) is 0 Å². The third kappa shape index (κ3) is 3.27. The molecule has 0 aliphatic carbocycles. The van der Waals surface area contributed by atoms with Crippen LogP contribution in [-0.2, 0) is 12.8 Å². The minimum absolute atomic E-state index is 0.00257. The van der Waals surface area contributed by atoms with E-state index in [1.54, 1.807) is 6.07 Å². The van der Waals surface area contributed by atoms with Gasteiger partial charge in [0.15, 0.2) is 11.5 Å². The molecule has 90 valence electrons. The van der Waals surface area contributed by atoms with Crippen LogP contribution in [0.15, 0.2) is 12.1 Å². The van der Waals surface area contributed by atoms with Gasteiger partial charge in [0.2, 0.25) is 0 Å². The van der Waals surface area contributed by atoms with E-state index >= 15 is 0 Å². The predicted molar refractivity (Wildman–Crippen MR) is 71.0 cm³/mol. The van der Waals surface area contributed by atoms with E-state index in [0.717, 1.165) is 30.0 Å². The molecule has 16 heavy (non-hydrogen) atoms. The van der Waals surface area contributed by atoms with Gasteiger partial charge >= 0.3 is 0 Å². The molecule has 2 nitrogen and oxygen atoms in total. The Kier molecular flexibility index (Phi) is 4.02. The summed E-state index contributed by atoms with van der Waals surface area (Å²) in [6, 6.07) is 4.62. The molecule has 0 amide bonds. The lowest BCUT2D eigenvalue weighted by Gasteiger charge is -2.18. The van der Waals surface area contributed by atoms with Gasteiger partial charge in [-0.05, 0) is 24.5 Å². The molecule has 0 radical (unpaired) electrons. The number of benzene rings is 1. The molecule has 0 aromatic heterocycles. The standard InChI is InChI=1S/C13H22O2Si/c1-5-10-6-7-12(14)13(15)11(10)8-9-16(2,3)4/h6-7,14-15H,5,8-9H2,1-4H3. The molecule has 0 heterocycles. The van der Waals surface area contributed by atoms with E-state index in [1.807, 2.05) is 6.07 Å². The lowest BCUT2D eigenvalue weighted by molar-refractivity contribution is 0.399. The molecule has 1 aromatic rings. The van der Waals surface area contributed by atoms with Crippen LogP contribution in [0.1, 0.15) is 18.1 Å². The van der Waals surface area contributed by atoms with Crippen LogP contribution in [0.4, 0.5) is 0 Å². The first kappa shape index (κ1) is 13.1. The summed E-state index contributed by atoms with van der Waals surface area (Å²) in [5, 5.41) is 19.4. The van der Waals surface area contributed by atoms with E-state index in [4.69, 9.17) is 0 Å². The average molecular weight is 238 g/mol. The first-order chi connectivity index (χ1) is 7.35. The summed E-state index contributed by atoms with van der Waals surface area (Å²) in [5.41, 5.74) is 2.08. The van der Waals surface area contributed by atoms with E-state index in [0.29, 0.717) is 0 Å². The topological polar surface area (TPSA) is 40.5 Å². The van der Waals surface area contributed by atoms with E-state index in [-0.39, 0.29) is 11.5 Å². The van der Waals surface area contributed by atoms with Gasteiger partial charge in [0.25, 0.3) is 0 Å². The lowest BCUT2D eigenvalue weighted by atomic mass is 10.0. The highest BCUT2D eigenvalue weighted by molar-refractivity contribution is 6.76. The molecule has 1 rings (SSSR count). The van der Waals surface area contributed by atoms with E-state index in [1.165, 1.54) is 0 Å². The van der Waals surface area contributed by atoms with Crippen molar-refractivity contribution in [3.05, 3.63) is 23.3 Å². The highest BCUT2D eigenvalue weighted by Crippen LogP contribution is 2.33. The minimum Gasteiger partial charge on any atom is -0.504 e. The molecule has 0 unspecified atom stereocenters. The van der Waals surface area contributed by atoms with Crippen LogP contribution in [-0.4, -0.2) is 18.3 Å². The third-order valence-corrected chi connectivity index (χ3v) is 4.61. The maximum Gasteiger partial charge on any atom is 0.160 e. The van der Waals surface area contributed by atoms with Gasteiger partial charge in [0.1, 0.15) is 0 Å². The van der Waals surface area contributed by atoms with Crippen LogP contribution in [0.25, 0.3) is 0 Å². The Labute approximate surface area is 99.0 Å². The van der Waals surface area contributed by atoms with E-state index in [2.05, 4.69) is 26.6 Å². The Morgan fingerprint density at radius 3 is 2.25 bits per heavy atom. The fraction of sp³-hybridized carbons (Fsp3) is 0.538. The first-order valence-electron chi connectivity index (χ1n) is 5.88. The lowest BCUT2D eigenvalue weighted by Crippen LogP contribution is -2.20. The number of aryl methyl sites for hydroxylation is 1. The largest absolute Gasteiger partial charge is 0.504 e. The quantitative estimate of drug-likeness (QED) is 0.622. The van der Waals surface area contributed by atoms with Gasteiger partial charge in [-0.1, -0.05) is 38.7 Å². The van der Waals surface area contributed by atoms with Crippen LogP contribution in [0, 0.1) is 0 Å². The molecule has 0 fully saturated rings. The molecule has 3 heteroatoms. The number of hydrogen-bond donors (Lipinski definition) is 2. The maximum atomic E-state index is 9.87. The van der Waals surface area contributed by atoms with Crippen molar-refractivity contribution in [2.75, 3.05) is 0 Å². The molecule has 0 saturated heterocycles. The Morgan fingerprint density at radius 1 is 1.12 bits per heavy atom. The van der Waals surface area contributed by atoms with Crippen molar-refractivity contribution >= 4 is 8.07 Å². The van der Waals surface area contributed by atoms with Crippen molar-refractivity contribution < 1.29 is 10.2 Å². The number of phenolic OH excluding ortho intramolecular Hbond substituents is 2. The Bertz CT molecular complexity index is 367. The van der Waals surface area contributed by atoms with Crippen LogP contribution in [0.3, 0.4) is 0 Å². The van der Waals surface area contributed by atoms with Crippen LogP contribution in [0.5, 0.6) is 11.5 Å².